The minimum atomic E-state index is -0.785. The maximum absolute atomic E-state index is 13.0. The molecule has 1 aliphatic heterocycles. The minimum Gasteiger partial charge on any atom is -0.481 e. The van der Waals surface area contributed by atoms with Gasteiger partial charge < -0.3 is 14.9 Å². The third-order valence-electron chi connectivity index (χ3n) is 6.43. The Morgan fingerprint density at radius 1 is 0.960 bits per heavy atom. The lowest BCUT2D eigenvalue weighted by molar-refractivity contribution is -0.153. The zero-order valence-corrected chi connectivity index (χ0v) is 14.6. The number of hydrogen-bond donors (Lipinski definition) is 1. The van der Waals surface area contributed by atoms with Crippen LogP contribution in [0.15, 0.2) is 30.3 Å². The van der Waals surface area contributed by atoms with Crippen LogP contribution in [0.2, 0.25) is 0 Å². The van der Waals surface area contributed by atoms with Crippen LogP contribution in [-0.4, -0.2) is 48.1 Å². The van der Waals surface area contributed by atoms with Crippen molar-refractivity contribution in [3.05, 3.63) is 30.3 Å². The number of carboxylic acids is 1. The number of piperazine rings is 1. The molecular formula is C20H26N2O3. The largest absolute Gasteiger partial charge is 0.481 e. The van der Waals surface area contributed by atoms with Gasteiger partial charge in [0.1, 0.15) is 0 Å². The molecule has 2 atom stereocenters. The number of rotatable bonds is 3. The van der Waals surface area contributed by atoms with Gasteiger partial charge in [-0.3, -0.25) is 9.59 Å². The van der Waals surface area contributed by atoms with E-state index in [1.54, 1.807) is 0 Å². The second kappa shape index (κ2) is 6.36. The molecule has 4 rings (SSSR count). The van der Waals surface area contributed by atoms with Crippen LogP contribution in [0.4, 0.5) is 5.69 Å². The lowest BCUT2D eigenvalue weighted by Crippen LogP contribution is -2.52. The molecule has 0 unspecified atom stereocenters. The van der Waals surface area contributed by atoms with Gasteiger partial charge in [-0.2, -0.15) is 0 Å². The normalized spacial score (nSPS) is 28.0. The monoisotopic (exact) mass is 342 g/mol. The number of benzene rings is 1. The van der Waals surface area contributed by atoms with Gasteiger partial charge in [-0.1, -0.05) is 18.2 Å². The van der Waals surface area contributed by atoms with Gasteiger partial charge >= 0.3 is 5.97 Å². The summed E-state index contributed by atoms with van der Waals surface area (Å²) in [5, 5.41) is 9.63. The molecule has 3 fully saturated rings. The summed E-state index contributed by atoms with van der Waals surface area (Å²) in [7, 11) is 0. The lowest BCUT2D eigenvalue weighted by atomic mass is 9.71. The van der Waals surface area contributed by atoms with Crippen LogP contribution in [0.3, 0.4) is 0 Å². The van der Waals surface area contributed by atoms with Gasteiger partial charge in [0.15, 0.2) is 0 Å². The predicted molar refractivity (Wildman–Crippen MR) is 95.4 cm³/mol. The first-order valence-electron chi connectivity index (χ1n) is 9.40. The number of anilines is 1. The molecule has 5 nitrogen and oxygen atoms in total. The van der Waals surface area contributed by atoms with Crippen LogP contribution in [0.1, 0.15) is 32.1 Å². The van der Waals surface area contributed by atoms with Crippen LogP contribution in [-0.2, 0) is 9.59 Å². The van der Waals surface area contributed by atoms with E-state index in [9.17, 15) is 14.7 Å². The summed E-state index contributed by atoms with van der Waals surface area (Å²) in [6.45, 7) is 2.98. The SMILES string of the molecule is O=C(O)[C@H]1CC2(CC[C@@H]1C(=O)N1CCN(c3ccccc3)CC1)CC2. The molecular weight excluding hydrogens is 316 g/mol. The first kappa shape index (κ1) is 16.4. The van der Waals surface area contributed by atoms with Crippen LogP contribution in [0.25, 0.3) is 0 Å². The Kier molecular flexibility index (Phi) is 4.18. The highest BCUT2D eigenvalue weighted by molar-refractivity contribution is 5.85. The smallest absolute Gasteiger partial charge is 0.307 e. The lowest BCUT2D eigenvalue weighted by Gasteiger charge is -2.40. The maximum atomic E-state index is 13.0. The number of carboxylic acid groups (broad SMARTS) is 1. The Morgan fingerprint density at radius 3 is 2.24 bits per heavy atom. The van der Waals surface area contributed by atoms with Crippen molar-refractivity contribution in [3.63, 3.8) is 0 Å². The first-order valence-corrected chi connectivity index (χ1v) is 9.40. The summed E-state index contributed by atoms with van der Waals surface area (Å²) in [5.41, 5.74) is 1.44. The minimum absolute atomic E-state index is 0.0654. The van der Waals surface area contributed by atoms with Gasteiger partial charge in [0.25, 0.3) is 0 Å². The molecule has 0 bridgehead atoms. The first-order chi connectivity index (χ1) is 12.1. The molecule has 0 aromatic heterocycles. The number of aliphatic carboxylic acids is 1. The van der Waals surface area contributed by atoms with Gasteiger partial charge in [-0.25, -0.2) is 0 Å². The van der Waals surface area contributed by atoms with E-state index in [1.165, 1.54) is 5.69 Å². The highest BCUT2D eigenvalue weighted by Gasteiger charge is 2.52. The van der Waals surface area contributed by atoms with Crippen molar-refractivity contribution in [3.8, 4) is 0 Å². The molecule has 1 aromatic carbocycles. The second-order valence-corrected chi connectivity index (χ2v) is 7.94. The fourth-order valence-electron chi connectivity index (χ4n) is 4.62. The Labute approximate surface area is 148 Å². The van der Waals surface area contributed by atoms with Gasteiger partial charge in [0, 0.05) is 31.9 Å². The van der Waals surface area contributed by atoms with Gasteiger partial charge in [0.2, 0.25) is 5.91 Å². The van der Waals surface area contributed by atoms with Gasteiger partial charge in [0.05, 0.1) is 11.8 Å². The molecule has 1 amide bonds. The van der Waals surface area contributed by atoms with Crippen molar-refractivity contribution in [1.29, 1.82) is 0 Å². The van der Waals surface area contributed by atoms with Crippen molar-refractivity contribution < 1.29 is 14.7 Å². The Balaban J connectivity index is 1.39. The highest BCUT2D eigenvalue weighted by Crippen LogP contribution is 2.59. The Bertz CT molecular complexity index is 648. The second-order valence-electron chi connectivity index (χ2n) is 7.94. The summed E-state index contributed by atoms with van der Waals surface area (Å²) < 4.78 is 0. The Hall–Kier alpha value is -2.04. The number of hydrogen-bond acceptors (Lipinski definition) is 3. The van der Waals surface area contributed by atoms with E-state index in [0.717, 1.165) is 38.8 Å². The molecule has 1 N–H and O–H groups in total. The highest BCUT2D eigenvalue weighted by atomic mass is 16.4. The van der Waals surface area contributed by atoms with Crippen molar-refractivity contribution >= 4 is 17.6 Å². The third-order valence-corrected chi connectivity index (χ3v) is 6.43. The zero-order valence-electron chi connectivity index (χ0n) is 14.6. The van der Waals surface area contributed by atoms with E-state index in [0.29, 0.717) is 19.5 Å². The predicted octanol–water partition coefficient (Wildman–Crippen LogP) is 2.62. The molecule has 0 radical (unpaired) electrons. The summed E-state index contributed by atoms with van der Waals surface area (Å²) in [6, 6.07) is 10.2. The number of nitrogens with zero attached hydrogens (tertiary/aromatic N) is 2. The molecule has 1 saturated heterocycles. The fourth-order valence-corrected chi connectivity index (χ4v) is 4.62. The molecule has 2 saturated carbocycles. The van der Waals surface area contributed by atoms with E-state index < -0.39 is 11.9 Å². The molecule has 25 heavy (non-hydrogen) atoms. The fraction of sp³-hybridized carbons (Fsp3) is 0.600. The summed E-state index contributed by atoms with van der Waals surface area (Å²) in [5.74, 6) is -1.54. The molecule has 1 spiro atoms. The van der Waals surface area contributed by atoms with E-state index in [4.69, 9.17) is 0 Å². The number of carbonyl (C=O) groups excluding carboxylic acids is 1. The van der Waals surface area contributed by atoms with Crippen molar-refractivity contribution in [2.45, 2.75) is 32.1 Å². The summed E-state index contributed by atoms with van der Waals surface area (Å²) in [4.78, 5) is 28.9. The third kappa shape index (κ3) is 3.24. The van der Waals surface area contributed by atoms with E-state index in [-0.39, 0.29) is 17.2 Å². The molecule has 1 heterocycles. The van der Waals surface area contributed by atoms with Crippen LogP contribution in [0.5, 0.6) is 0 Å². The quantitative estimate of drug-likeness (QED) is 0.917. The molecule has 1 aromatic rings. The topological polar surface area (TPSA) is 60.9 Å². The standard InChI is InChI=1S/C20H26N2O3/c23-18(16-6-7-20(8-9-20)14-17(16)19(24)25)22-12-10-21(11-13-22)15-4-2-1-3-5-15/h1-5,16-17H,6-14H2,(H,24,25)/t16-,17-/m0/s1. The van der Waals surface area contributed by atoms with Gasteiger partial charge in [-0.05, 0) is 49.7 Å². The summed E-state index contributed by atoms with van der Waals surface area (Å²) >= 11 is 0. The van der Waals surface area contributed by atoms with Crippen LogP contribution >= 0.6 is 0 Å². The van der Waals surface area contributed by atoms with Crippen molar-refractivity contribution in [2.24, 2.45) is 17.3 Å². The number of amides is 1. The maximum Gasteiger partial charge on any atom is 0.307 e. The van der Waals surface area contributed by atoms with Crippen molar-refractivity contribution in [1.82, 2.24) is 4.90 Å². The molecule has 2 aliphatic carbocycles. The molecule has 5 heteroatoms. The Morgan fingerprint density at radius 2 is 1.64 bits per heavy atom. The van der Waals surface area contributed by atoms with Crippen molar-refractivity contribution in [2.75, 3.05) is 31.1 Å². The number of para-hydroxylation sites is 1. The van der Waals surface area contributed by atoms with Gasteiger partial charge in [-0.15, -0.1) is 0 Å². The van der Waals surface area contributed by atoms with E-state index in [1.807, 2.05) is 23.1 Å². The molecule has 134 valence electrons. The van der Waals surface area contributed by atoms with Crippen LogP contribution < -0.4 is 4.90 Å². The number of carbonyl (C=O) groups is 2. The molecule has 3 aliphatic rings. The van der Waals surface area contributed by atoms with E-state index >= 15 is 0 Å². The average Bonchev–Trinajstić information content (AvgIpc) is 3.41. The zero-order chi connectivity index (χ0) is 17.4. The average molecular weight is 342 g/mol. The van der Waals surface area contributed by atoms with Crippen LogP contribution in [0, 0.1) is 17.3 Å². The van der Waals surface area contributed by atoms with E-state index in [2.05, 4.69) is 17.0 Å². The summed E-state index contributed by atoms with van der Waals surface area (Å²) in [6.07, 6.45) is 4.76.